The van der Waals surface area contributed by atoms with Crippen LogP contribution in [0.25, 0.3) is 0 Å². The second-order valence-corrected chi connectivity index (χ2v) is 6.71. The Kier molecular flexibility index (Phi) is 4.47. The third kappa shape index (κ3) is 2.76. The van der Waals surface area contributed by atoms with Crippen molar-refractivity contribution in [2.75, 3.05) is 14.2 Å². The molecule has 0 bridgehead atoms. The van der Waals surface area contributed by atoms with Crippen molar-refractivity contribution in [3.63, 3.8) is 0 Å². The molecule has 1 unspecified atom stereocenters. The van der Waals surface area contributed by atoms with Crippen LogP contribution in [0, 0.1) is 0 Å². The minimum absolute atomic E-state index is 0.203. The number of halogens is 1. The molecule has 0 spiro atoms. The molecule has 2 aromatic carbocycles. The molecule has 1 atom stereocenters. The molecule has 0 aliphatic carbocycles. The van der Waals surface area contributed by atoms with E-state index in [9.17, 15) is 9.59 Å². The Labute approximate surface area is 153 Å². The van der Waals surface area contributed by atoms with E-state index in [1.807, 2.05) is 24.3 Å². The summed E-state index contributed by atoms with van der Waals surface area (Å²) in [5.41, 5.74) is 0.714. The zero-order valence-corrected chi connectivity index (χ0v) is 15.6. The molecule has 3 rings (SSSR count). The molecular weight excluding hydrogens is 386 g/mol. The maximum atomic E-state index is 13.2. The summed E-state index contributed by atoms with van der Waals surface area (Å²) >= 11 is 3.40. The van der Waals surface area contributed by atoms with Gasteiger partial charge in [-0.3, -0.25) is 4.79 Å². The molecule has 1 aliphatic heterocycles. The number of esters is 1. The fraction of sp³-hybridized carbons (Fsp3) is 0.211. The Morgan fingerprint density at radius 3 is 2.40 bits per heavy atom. The second kappa shape index (κ2) is 6.44. The first-order valence-corrected chi connectivity index (χ1v) is 8.37. The molecule has 0 radical (unpaired) electrons. The van der Waals surface area contributed by atoms with E-state index in [0.29, 0.717) is 17.0 Å². The number of fused-ring (bicyclic) bond motifs is 1. The Bertz CT molecular complexity index is 889. The Hall–Kier alpha value is -2.47. The van der Waals surface area contributed by atoms with Gasteiger partial charge in [0.1, 0.15) is 5.75 Å². The lowest BCUT2D eigenvalue weighted by molar-refractivity contribution is -0.133. The third-order valence-corrected chi connectivity index (χ3v) is 4.97. The van der Waals surface area contributed by atoms with E-state index in [4.69, 9.17) is 9.47 Å². The van der Waals surface area contributed by atoms with Crippen molar-refractivity contribution in [3.8, 4) is 5.75 Å². The highest BCUT2D eigenvalue weighted by Crippen LogP contribution is 2.44. The van der Waals surface area contributed by atoms with Crippen molar-refractivity contribution >= 4 is 39.1 Å². The molecule has 2 aromatic rings. The van der Waals surface area contributed by atoms with E-state index < -0.39 is 17.2 Å². The van der Waals surface area contributed by atoms with Crippen LogP contribution >= 0.6 is 15.9 Å². The van der Waals surface area contributed by atoms with Crippen LogP contribution in [0.4, 0.5) is 5.69 Å². The molecule has 0 saturated heterocycles. The molecule has 128 valence electrons. The van der Waals surface area contributed by atoms with Gasteiger partial charge in [0.05, 0.1) is 25.3 Å². The van der Waals surface area contributed by atoms with Crippen molar-refractivity contribution in [2.24, 2.45) is 4.99 Å². The van der Waals surface area contributed by atoms with Crippen LogP contribution in [-0.4, -0.2) is 31.7 Å². The largest absolute Gasteiger partial charge is 0.497 e. The number of methoxy groups -OCH3 is 2. The third-order valence-electron chi connectivity index (χ3n) is 4.44. The quantitative estimate of drug-likeness (QED) is 0.737. The normalized spacial score (nSPS) is 19.0. The molecule has 0 saturated carbocycles. The number of hydrogen-bond acceptors (Lipinski definition) is 5. The Balaban J connectivity index is 2.30. The number of ketones is 1. The van der Waals surface area contributed by atoms with Gasteiger partial charge in [-0.1, -0.05) is 28.1 Å². The molecule has 0 N–H and O–H groups in total. The fourth-order valence-electron chi connectivity index (χ4n) is 2.98. The molecule has 0 aromatic heterocycles. The summed E-state index contributed by atoms with van der Waals surface area (Å²) in [6.07, 6.45) is 0. The van der Waals surface area contributed by atoms with E-state index in [0.717, 1.165) is 10.0 Å². The minimum Gasteiger partial charge on any atom is -0.497 e. The minimum atomic E-state index is -1.07. The molecule has 25 heavy (non-hydrogen) atoms. The van der Waals surface area contributed by atoms with Crippen LogP contribution in [-0.2, 0) is 19.7 Å². The average molecular weight is 402 g/mol. The first kappa shape index (κ1) is 17.4. The monoisotopic (exact) mass is 401 g/mol. The number of aliphatic imine (C=N–C) groups is 1. The maximum absolute atomic E-state index is 13.2. The first-order valence-electron chi connectivity index (χ1n) is 7.58. The highest BCUT2D eigenvalue weighted by molar-refractivity contribution is 9.10. The van der Waals surface area contributed by atoms with Crippen molar-refractivity contribution in [3.05, 3.63) is 58.1 Å². The van der Waals surface area contributed by atoms with E-state index >= 15 is 0 Å². The van der Waals surface area contributed by atoms with Gasteiger partial charge in [-0.05, 0) is 48.4 Å². The Morgan fingerprint density at radius 1 is 1.12 bits per heavy atom. The lowest BCUT2D eigenvalue weighted by Gasteiger charge is -2.33. The number of carbonyl (C=O) groups excluding carboxylic acids is 2. The Morgan fingerprint density at radius 2 is 1.80 bits per heavy atom. The van der Waals surface area contributed by atoms with Gasteiger partial charge in [0.2, 0.25) is 5.78 Å². The van der Waals surface area contributed by atoms with Gasteiger partial charge in [0, 0.05) is 4.47 Å². The highest BCUT2D eigenvalue weighted by Gasteiger charge is 2.46. The van der Waals surface area contributed by atoms with Crippen LogP contribution in [0.3, 0.4) is 0 Å². The standard InChI is InChI=1S/C19H16BrNO4/c1-19(11-4-6-12(20)7-5-11)14-10-13(24-2)8-9-15(14)21-16(17(19)22)18(23)25-3/h4-10H,1-3H3. The lowest BCUT2D eigenvalue weighted by atomic mass is 9.69. The summed E-state index contributed by atoms with van der Waals surface area (Å²) in [7, 11) is 2.80. The van der Waals surface area contributed by atoms with E-state index in [2.05, 4.69) is 20.9 Å². The van der Waals surface area contributed by atoms with E-state index in [1.54, 1.807) is 32.2 Å². The van der Waals surface area contributed by atoms with Gasteiger partial charge in [-0.2, -0.15) is 0 Å². The lowest BCUT2D eigenvalue weighted by Crippen LogP contribution is -2.44. The summed E-state index contributed by atoms with van der Waals surface area (Å²) in [5, 5.41) is 0. The molecule has 1 aliphatic rings. The molecule has 0 amide bonds. The molecule has 1 heterocycles. The van der Waals surface area contributed by atoms with Crippen molar-refractivity contribution < 1.29 is 19.1 Å². The number of ether oxygens (including phenoxy) is 2. The van der Waals surface area contributed by atoms with Gasteiger partial charge < -0.3 is 9.47 Å². The zero-order chi connectivity index (χ0) is 18.2. The topological polar surface area (TPSA) is 65.0 Å². The number of Topliss-reactive ketones (excluding diaryl/α,β-unsaturated/α-hetero) is 1. The first-order chi connectivity index (χ1) is 11.9. The smallest absolute Gasteiger partial charge is 0.360 e. The average Bonchev–Trinajstić information content (AvgIpc) is 2.64. The SMILES string of the molecule is COC(=O)C1=Nc2ccc(OC)cc2C(C)(c2ccc(Br)cc2)C1=O. The molecular formula is C19H16BrNO4. The predicted octanol–water partition coefficient (Wildman–Crippen LogP) is 3.59. The summed E-state index contributed by atoms with van der Waals surface area (Å²) in [4.78, 5) is 29.5. The van der Waals surface area contributed by atoms with Gasteiger partial charge >= 0.3 is 5.97 Å². The summed E-state index contributed by atoms with van der Waals surface area (Å²) in [5.74, 6) is -0.524. The van der Waals surface area contributed by atoms with Crippen molar-refractivity contribution in [2.45, 2.75) is 12.3 Å². The van der Waals surface area contributed by atoms with Gasteiger partial charge in [-0.15, -0.1) is 0 Å². The molecule has 6 heteroatoms. The van der Waals surface area contributed by atoms with Crippen LogP contribution < -0.4 is 4.74 Å². The van der Waals surface area contributed by atoms with Gasteiger partial charge in [0.15, 0.2) is 5.71 Å². The van der Waals surface area contributed by atoms with Crippen molar-refractivity contribution in [1.82, 2.24) is 0 Å². The fourth-order valence-corrected chi connectivity index (χ4v) is 3.24. The molecule has 0 fully saturated rings. The van der Waals surface area contributed by atoms with Crippen molar-refractivity contribution in [1.29, 1.82) is 0 Å². The van der Waals surface area contributed by atoms with E-state index in [-0.39, 0.29) is 5.71 Å². The summed E-state index contributed by atoms with van der Waals surface area (Å²) in [6.45, 7) is 1.79. The number of carbonyl (C=O) groups is 2. The van der Waals surface area contributed by atoms with E-state index in [1.165, 1.54) is 7.11 Å². The predicted molar refractivity (Wildman–Crippen MR) is 97.7 cm³/mol. The maximum Gasteiger partial charge on any atom is 0.360 e. The number of nitrogens with zero attached hydrogens (tertiary/aromatic N) is 1. The highest BCUT2D eigenvalue weighted by atomic mass is 79.9. The van der Waals surface area contributed by atoms with Crippen LogP contribution in [0.15, 0.2) is 51.9 Å². The van der Waals surface area contributed by atoms with Crippen LogP contribution in [0.5, 0.6) is 5.75 Å². The zero-order valence-electron chi connectivity index (χ0n) is 14.0. The second-order valence-electron chi connectivity index (χ2n) is 5.80. The van der Waals surface area contributed by atoms with Crippen LogP contribution in [0.2, 0.25) is 0 Å². The molecule has 5 nitrogen and oxygen atoms in total. The number of benzene rings is 2. The van der Waals surface area contributed by atoms with Crippen LogP contribution in [0.1, 0.15) is 18.1 Å². The number of rotatable bonds is 3. The summed E-state index contributed by atoms with van der Waals surface area (Å²) in [6, 6.07) is 12.7. The summed E-state index contributed by atoms with van der Waals surface area (Å²) < 4.78 is 10.9. The number of hydrogen-bond donors (Lipinski definition) is 0. The van der Waals surface area contributed by atoms with Gasteiger partial charge in [-0.25, -0.2) is 9.79 Å². The van der Waals surface area contributed by atoms with Gasteiger partial charge in [0.25, 0.3) is 0 Å².